The van der Waals surface area contributed by atoms with Crippen molar-refractivity contribution < 1.29 is 9.90 Å². The number of aromatic nitrogens is 2. The zero-order chi connectivity index (χ0) is 14.3. The lowest BCUT2D eigenvalue weighted by molar-refractivity contribution is 0.0693. The molecule has 0 atom stereocenters. The molecule has 1 aromatic heterocycles. The first-order chi connectivity index (χ1) is 9.12. The number of carboxylic acids is 1. The van der Waals surface area contributed by atoms with E-state index in [9.17, 15) is 4.79 Å². The Morgan fingerprint density at radius 3 is 2.58 bits per heavy atom. The van der Waals surface area contributed by atoms with Crippen molar-refractivity contribution in [1.82, 2.24) is 14.9 Å². The van der Waals surface area contributed by atoms with Crippen molar-refractivity contribution >= 4 is 5.97 Å². The first-order valence-electron chi connectivity index (χ1n) is 6.86. The normalized spacial score (nSPS) is 11.2. The number of hydrogen-bond donors (Lipinski definition) is 1. The Bertz CT molecular complexity index is 405. The quantitative estimate of drug-likeness (QED) is 0.782. The summed E-state index contributed by atoms with van der Waals surface area (Å²) in [7, 11) is 0. The van der Waals surface area contributed by atoms with Gasteiger partial charge in [-0.2, -0.15) is 0 Å². The molecule has 0 aliphatic heterocycles. The van der Waals surface area contributed by atoms with Crippen molar-refractivity contribution in [3.8, 4) is 0 Å². The van der Waals surface area contributed by atoms with Crippen LogP contribution in [0.5, 0.6) is 0 Å². The van der Waals surface area contributed by atoms with E-state index in [1.807, 2.05) is 0 Å². The lowest BCUT2D eigenvalue weighted by atomic mass is 10.0. The molecule has 1 aromatic rings. The number of carbonyl (C=O) groups is 1. The van der Waals surface area contributed by atoms with Crippen LogP contribution in [0.2, 0.25) is 0 Å². The first-order valence-corrected chi connectivity index (χ1v) is 6.86. The Morgan fingerprint density at radius 1 is 1.37 bits per heavy atom. The molecule has 0 fully saturated rings. The van der Waals surface area contributed by atoms with Gasteiger partial charge in [-0.15, -0.1) is 0 Å². The van der Waals surface area contributed by atoms with Crippen LogP contribution in [0.15, 0.2) is 12.5 Å². The fourth-order valence-corrected chi connectivity index (χ4v) is 2.09. The molecule has 0 aromatic carbocycles. The third-order valence-corrected chi connectivity index (χ3v) is 3.52. The van der Waals surface area contributed by atoms with Crippen LogP contribution in [0.3, 0.4) is 0 Å². The molecule has 1 heterocycles. The second-order valence-corrected chi connectivity index (χ2v) is 4.70. The topological polar surface area (TPSA) is 66.3 Å². The third kappa shape index (κ3) is 4.59. The van der Waals surface area contributed by atoms with Crippen molar-refractivity contribution in [1.29, 1.82) is 0 Å². The van der Waals surface area contributed by atoms with Crippen LogP contribution in [0.25, 0.3) is 0 Å². The molecule has 1 N–H and O–H groups in total. The zero-order valence-corrected chi connectivity index (χ0v) is 12.0. The Morgan fingerprint density at radius 2 is 2.05 bits per heavy atom. The van der Waals surface area contributed by atoms with E-state index in [0.29, 0.717) is 18.2 Å². The minimum absolute atomic E-state index is 0.200. The summed E-state index contributed by atoms with van der Waals surface area (Å²) >= 11 is 0. The Hall–Kier alpha value is -1.49. The average Bonchev–Trinajstić information content (AvgIpc) is 2.43. The molecule has 0 saturated carbocycles. The summed E-state index contributed by atoms with van der Waals surface area (Å²) in [6.45, 7) is 8.90. The SMILES string of the molecule is CCC(CC)CN(CC)Cc1ncncc1C(=O)O. The summed E-state index contributed by atoms with van der Waals surface area (Å²) in [6, 6.07) is 0. The summed E-state index contributed by atoms with van der Waals surface area (Å²) < 4.78 is 0. The van der Waals surface area contributed by atoms with Crippen molar-refractivity contribution in [2.24, 2.45) is 5.92 Å². The van der Waals surface area contributed by atoms with Gasteiger partial charge in [-0.25, -0.2) is 14.8 Å². The van der Waals surface area contributed by atoms with E-state index in [-0.39, 0.29) is 5.56 Å². The van der Waals surface area contributed by atoms with E-state index in [4.69, 9.17) is 5.11 Å². The molecule has 1 rings (SSSR count). The molecule has 0 aliphatic carbocycles. The predicted octanol–water partition coefficient (Wildman–Crippen LogP) is 2.43. The highest BCUT2D eigenvalue weighted by Gasteiger charge is 2.16. The summed E-state index contributed by atoms with van der Waals surface area (Å²) in [4.78, 5) is 21.3. The predicted molar refractivity (Wildman–Crippen MR) is 74.0 cm³/mol. The maximum Gasteiger partial charge on any atom is 0.339 e. The van der Waals surface area contributed by atoms with Gasteiger partial charge in [0.25, 0.3) is 0 Å². The van der Waals surface area contributed by atoms with Crippen LogP contribution in [-0.4, -0.2) is 39.0 Å². The van der Waals surface area contributed by atoms with Crippen molar-refractivity contribution in [2.45, 2.75) is 40.2 Å². The van der Waals surface area contributed by atoms with Gasteiger partial charge in [0, 0.05) is 19.3 Å². The van der Waals surface area contributed by atoms with E-state index < -0.39 is 5.97 Å². The van der Waals surface area contributed by atoms with Gasteiger partial charge >= 0.3 is 5.97 Å². The molecule has 5 nitrogen and oxygen atoms in total. The minimum atomic E-state index is -0.964. The zero-order valence-electron chi connectivity index (χ0n) is 12.0. The van der Waals surface area contributed by atoms with Crippen LogP contribution >= 0.6 is 0 Å². The number of rotatable bonds is 8. The third-order valence-electron chi connectivity index (χ3n) is 3.52. The standard InChI is InChI=1S/C14H23N3O2/c1-4-11(5-2)8-17(6-3)9-13-12(14(18)19)7-15-10-16-13/h7,10-11H,4-6,8-9H2,1-3H3,(H,18,19). The van der Waals surface area contributed by atoms with E-state index in [0.717, 1.165) is 25.9 Å². The maximum absolute atomic E-state index is 11.1. The highest BCUT2D eigenvalue weighted by Crippen LogP contribution is 2.13. The highest BCUT2D eigenvalue weighted by atomic mass is 16.4. The highest BCUT2D eigenvalue weighted by molar-refractivity contribution is 5.88. The second-order valence-electron chi connectivity index (χ2n) is 4.70. The Balaban J connectivity index is 2.78. The van der Waals surface area contributed by atoms with E-state index in [2.05, 4.69) is 35.6 Å². The molecule has 0 aliphatic rings. The maximum atomic E-state index is 11.1. The molecule has 0 spiro atoms. The summed E-state index contributed by atoms with van der Waals surface area (Å²) in [6.07, 6.45) is 5.06. The van der Waals surface area contributed by atoms with Crippen LogP contribution in [0, 0.1) is 5.92 Å². The Labute approximate surface area is 114 Å². The lowest BCUT2D eigenvalue weighted by Crippen LogP contribution is -2.30. The van der Waals surface area contributed by atoms with Gasteiger partial charge in [0.1, 0.15) is 11.9 Å². The smallest absolute Gasteiger partial charge is 0.339 e. The monoisotopic (exact) mass is 265 g/mol. The van der Waals surface area contributed by atoms with Crippen LogP contribution in [0.1, 0.15) is 49.7 Å². The van der Waals surface area contributed by atoms with Gasteiger partial charge in [-0.1, -0.05) is 33.6 Å². The largest absolute Gasteiger partial charge is 0.478 e. The first kappa shape index (κ1) is 15.6. The molecule has 0 saturated heterocycles. The molecule has 19 heavy (non-hydrogen) atoms. The van der Waals surface area contributed by atoms with Gasteiger partial charge in [0.05, 0.1) is 5.69 Å². The van der Waals surface area contributed by atoms with Crippen LogP contribution in [-0.2, 0) is 6.54 Å². The molecular weight excluding hydrogens is 242 g/mol. The van der Waals surface area contributed by atoms with Gasteiger partial charge in [-0.3, -0.25) is 4.90 Å². The van der Waals surface area contributed by atoms with E-state index in [1.54, 1.807) is 0 Å². The van der Waals surface area contributed by atoms with Crippen LogP contribution in [0.4, 0.5) is 0 Å². The fourth-order valence-electron chi connectivity index (χ4n) is 2.09. The van der Waals surface area contributed by atoms with E-state index in [1.165, 1.54) is 12.5 Å². The number of aromatic carboxylic acids is 1. The molecule has 106 valence electrons. The van der Waals surface area contributed by atoms with Crippen molar-refractivity contribution in [3.05, 3.63) is 23.8 Å². The minimum Gasteiger partial charge on any atom is -0.478 e. The average molecular weight is 265 g/mol. The molecule has 5 heteroatoms. The fraction of sp³-hybridized carbons (Fsp3) is 0.643. The van der Waals surface area contributed by atoms with Crippen molar-refractivity contribution in [3.63, 3.8) is 0 Å². The van der Waals surface area contributed by atoms with Gasteiger partial charge in [0.2, 0.25) is 0 Å². The number of hydrogen-bond acceptors (Lipinski definition) is 4. The molecule has 0 radical (unpaired) electrons. The number of nitrogens with zero attached hydrogens (tertiary/aromatic N) is 3. The van der Waals surface area contributed by atoms with Gasteiger partial charge in [-0.05, 0) is 12.5 Å². The van der Waals surface area contributed by atoms with Gasteiger partial charge in [0.15, 0.2) is 0 Å². The van der Waals surface area contributed by atoms with Gasteiger partial charge < -0.3 is 5.11 Å². The summed E-state index contributed by atoms with van der Waals surface area (Å²) in [5, 5.41) is 9.13. The summed E-state index contributed by atoms with van der Waals surface area (Å²) in [5.74, 6) is -0.316. The second kappa shape index (κ2) is 7.84. The lowest BCUT2D eigenvalue weighted by Gasteiger charge is -2.25. The molecule has 0 unspecified atom stereocenters. The summed E-state index contributed by atoms with van der Waals surface area (Å²) in [5.41, 5.74) is 0.792. The molecule has 0 amide bonds. The molecular formula is C14H23N3O2. The van der Waals surface area contributed by atoms with Crippen LogP contribution < -0.4 is 0 Å². The Kier molecular flexibility index (Phi) is 6.42. The van der Waals surface area contributed by atoms with Crippen molar-refractivity contribution in [2.75, 3.05) is 13.1 Å². The molecule has 0 bridgehead atoms. The van der Waals surface area contributed by atoms with E-state index >= 15 is 0 Å². The number of carboxylic acid groups (broad SMARTS) is 1.